The summed E-state index contributed by atoms with van der Waals surface area (Å²) >= 11 is 7.03. The molecule has 0 saturated carbocycles. The van der Waals surface area contributed by atoms with Crippen LogP contribution >= 0.6 is 55.3 Å². The van der Waals surface area contributed by atoms with Crippen molar-refractivity contribution in [3.05, 3.63) is 173 Å². The maximum atomic E-state index is 13.6. The Labute approximate surface area is 501 Å². The van der Waals surface area contributed by atoms with Gasteiger partial charge < -0.3 is 45.0 Å². The van der Waals surface area contributed by atoms with Crippen LogP contribution in [0.3, 0.4) is 0 Å². The van der Waals surface area contributed by atoms with Gasteiger partial charge in [0.15, 0.2) is 11.9 Å². The zero-order chi connectivity index (χ0) is 60.8. The smallest absolute Gasteiger partial charge is 0.390 e. The van der Waals surface area contributed by atoms with Crippen LogP contribution in [0, 0.1) is 18.8 Å². The van der Waals surface area contributed by atoms with Crippen molar-refractivity contribution >= 4 is 78.3 Å². The summed E-state index contributed by atoms with van der Waals surface area (Å²) in [6, 6.07) is 15.0. The van der Waals surface area contributed by atoms with Gasteiger partial charge in [-0.3, -0.25) is 28.3 Å². The number of rotatable bonds is 22. The fourth-order valence-electron chi connectivity index (χ4n) is 10.5. The van der Waals surface area contributed by atoms with E-state index in [4.69, 9.17) is 14.5 Å². The number of carbonyl (C=O) groups is 1. The van der Waals surface area contributed by atoms with Crippen molar-refractivity contribution in [1.82, 2.24) is 35.2 Å². The van der Waals surface area contributed by atoms with Crippen LogP contribution in [0.4, 0.5) is 11.4 Å². The van der Waals surface area contributed by atoms with Crippen LogP contribution in [0.25, 0.3) is 0 Å². The zero-order valence-corrected chi connectivity index (χ0v) is 52.3. The third kappa shape index (κ3) is 15.6. The molecular weight excluding hydrogens is 1280 g/mol. The van der Waals surface area contributed by atoms with E-state index in [-0.39, 0.29) is 41.8 Å². The van der Waals surface area contributed by atoms with E-state index in [0.29, 0.717) is 31.5 Å². The molecule has 5 heterocycles. The predicted octanol–water partition coefficient (Wildman–Crippen LogP) is 7.92. The minimum Gasteiger partial charge on any atom is -0.390 e. The number of H-pyrrole nitrogens is 1. The lowest BCUT2D eigenvalue weighted by Gasteiger charge is -2.26. The molecule has 2 aromatic carbocycles. The minimum atomic E-state index is -5.78. The number of aryl methyl sites for hydroxylation is 2. The van der Waals surface area contributed by atoms with Gasteiger partial charge in [-0.05, 0) is 92.8 Å². The summed E-state index contributed by atoms with van der Waals surface area (Å²) in [6.45, 7) is 10.8. The first-order valence-corrected chi connectivity index (χ1v) is 32.9. The van der Waals surface area contributed by atoms with E-state index in [2.05, 4.69) is 188 Å². The van der Waals surface area contributed by atoms with Gasteiger partial charge in [-0.2, -0.15) is 13.2 Å². The van der Waals surface area contributed by atoms with Gasteiger partial charge in [0.05, 0.1) is 36.9 Å². The van der Waals surface area contributed by atoms with E-state index in [1.54, 1.807) is 10.9 Å². The molecule has 1 amide bonds. The molecule has 0 radical (unpaired) electrons. The largest absolute Gasteiger partial charge is 0.490 e. The number of unbranched alkanes of at least 4 members (excludes halogenated alkanes) is 1. The van der Waals surface area contributed by atoms with E-state index >= 15 is 0 Å². The van der Waals surface area contributed by atoms with Crippen LogP contribution in [0.5, 0.6) is 0 Å². The molecule has 29 heteroatoms. The minimum absolute atomic E-state index is 0.0303. The number of fused-ring (bicyclic) bond motifs is 2. The Morgan fingerprint density at radius 3 is 2.50 bits per heavy atom. The van der Waals surface area contributed by atoms with E-state index in [1.165, 1.54) is 16.7 Å². The highest BCUT2D eigenvalue weighted by atomic mass is 79.9. The number of allylic oxidation sites excluding steroid dienone is 7. The molecule has 1 aliphatic carbocycles. The number of phosphoric ester groups is 1. The summed E-state index contributed by atoms with van der Waals surface area (Å²) in [5, 5.41) is 25.6. The predicted molar refractivity (Wildman–Crippen MR) is 320 cm³/mol. The number of benzene rings is 2. The summed E-state index contributed by atoms with van der Waals surface area (Å²) in [6.07, 6.45) is 15.3. The molecule has 448 valence electrons. The van der Waals surface area contributed by atoms with Crippen molar-refractivity contribution in [2.75, 3.05) is 24.6 Å². The summed E-state index contributed by atoms with van der Waals surface area (Å²) in [5.41, 5.74) is 9.56. The lowest BCUT2D eigenvalue weighted by molar-refractivity contribution is -0.356. The maximum absolute atomic E-state index is 13.6. The number of carbonyl (C=O) groups excluding carboxylic acids is 1. The number of amides is 1. The fraction of sp³-hybridized carbons (Fsp3) is 0.382. The fourth-order valence-corrected chi connectivity index (χ4v) is 14.0. The van der Waals surface area contributed by atoms with Crippen LogP contribution in [0.1, 0.15) is 100 Å². The normalized spacial score (nSPS) is 21.8. The highest BCUT2D eigenvalue weighted by molar-refractivity contribution is 9.11. The van der Waals surface area contributed by atoms with E-state index in [0.717, 1.165) is 69.7 Å². The number of ether oxygens (including phenoxy) is 1. The van der Waals surface area contributed by atoms with Crippen LogP contribution in [-0.2, 0) is 60.2 Å². The molecule has 3 aliphatic heterocycles. The Bertz CT molecular complexity index is 3750. The third-order valence-electron chi connectivity index (χ3n) is 14.5. The Morgan fingerprint density at radius 1 is 0.976 bits per heavy atom. The number of anilines is 1. The summed E-state index contributed by atoms with van der Waals surface area (Å²) in [5.74, 6) is 5.42. The van der Waals surface area contributed by atoms with Gasteiger partial charge in [0.1, 0.15) is 17.9 Å². The SMILES string of the molecule is Cc1ccc2c(c1)C(C)(C)C(/C=C/C1=C(NCC(=O)NCCn3cc(CCCC#Cc4cn(C5CC(O)[C@@H](COP(=O)(O)OP(=O)(O)OP(=O)(O)O)O5)c(=O)[nH]c4=O)nn3)C(=C/C=C3/N(/C=C/Br)c4ccccc4C3(C)C)/CCC1)=[N+]2/C=C/Br. The Hall–Kier alpha value is -5.71. The van der Waals surface area contributed by atoms with Gasteiger partial charge in [0, 0.05) is 83.2 Å². The average Bonchev–Trinajstić information content (AvgIpc) is 1.93. The second-order valence-electron chi connectivity index (χ2n) is 21.2. The van der Waals surface area contributed by atoms with Gasteiger partial charge in [-0.25, -0.2) is 18.5 Å². The van der Waals surface area contributed by atoms with Gasteiger partial charge in [-0.1, -0.05) is 105 Å². The standard InChI is InChI=1S/C55H64Br2N9O15P3/c1-36-18-21-44-42(30-36)55(4,5)48(65(44)28-25-57)23-20-38-14-11-13-37(19-22-47-54(2,3)41-16-9-10-17-43(41)64(47)27-24-56)51(38)59-32-49(68)58-26-29-63-34-40(61-62-63)15-8-6-7-12-39-33-66(53(70)60-52(39)69)50-31-45(67)46(79-50)35-78-83(74,75)81-84(76,77)80-82(71,72)73/h9-10,16-25,27-28,30,33-34,45-46,50,67H,6,8,11,13-15,26,29,31-32,35H2,1-5H3,(H6,58,60,68,69,70,71,72,73,74,75,76,77)/p+1/b27-24+,28-25+,37-19+,47-22+/t45?,46-,50?/m1/s1. The van der Waals surface area contributed by atoms with Crippen molar-refractivity contribution in [3.63, 3.8) is 0 Å². The molecule has 1 saturated heterocycles. The molecular formula is C55H65Br2N9O15P3+. The quantitative estimate of drug-likeness (QED) is 0.0160. The topological polar surface area (TPSA) is 322 Å². The van der Waals surface area contributed by atoms with Gasteiger partial charge >= 0.3 is 29.2 Å². The first-order chi connectivity index (χ1) is 39.7. The highest BCUT2D eigenvalue weighted by Crippen LogP contribution is 2.66. The highest BCUT2D eigenvalue weighted by Gasteiger charge is 2.45. The van der Waals surface area contributed by atoms with Crippen molar-refractivity contribution in [1.29, 1.82) is 0 Å². The average molecular weight is 1340 g/mol. The first kappa shape index (κ1) is 64.3. The van der Waals surface area contributed by atoms with Crippen molar-refractivity contribution < 1.29 is 65.6 Å². The van der Waals surface area contributed by atoms with Gasteiger partial charge in [0.2, 0.25) is 11.6 Å². The summed E-state index contributed by atoms with van der Waals surface area (Å²) < 4.78 is 57.0. The monoisotopic (exact) mass is 1340 g/mol. The molecule has 4 aliphatic rings. The number of para-hydroxylation sites is 1. The molecule has 1 fully saturated rings. The number of aliphatic hydroxyl groups excluding tert-OH is 1. The molecule has 4 unspecified atom stereocenters. The van der Waals surface area contributed by atoms with Crippen LogP contribution in [0.2, 0.25) is 0 Å². The molecule has 0 bridgehead atoms. The second kappa shape index (κ2) is 26.9. The van der Waals surface area contributed by atoms with E-state index < -0.39 is 59.8 Å². The van der Waals surface area contributed by atoms with Crippen LogP contribution in [0.15, 0.2) is 134 Å². The Kier molecular flexibility index (Phi) is 20.6. The molecule has 8 N–H and O–H groups in total. The number of aromatic nitrogens is 5. The summed E-state index contributed by atoms with van der Waals surface area (Å²) in [7, 11) is -16.9. The van der Waals surface area contributed by atoms with Crippen molar-refractivity contribution in [2.24, 2.45) is 0 Å². The molecule has 4 aromatic rings. The molecule has 5 atom stereocenters. The zero-order valence-electron chi connectivity index (χ0n) is 46.4. The first-order valence-electron chi connectivity index (χ1n) is 26.6. The Balaban J connectivity index is 0.878. The van der Waals surface area contributed by atoms with E-state index in [1.807, 2.05) is 28.4 Å². The van der Waals surface area contributed by atoms with Crippen LogP contribution < -0.4 is 26.8 Å². The van der Waals surface area contributed by atoms with Gasteiger partial charge in [0.25, 0.3) is 5.56 Å². The van der Waals surface area contributed by atoms with Crippen LogP contribution in [-0.4, -0.2) is 97.3 Å². The second-order valence-corrected chi connectivity index (χ2v) is 26.6. The number of nitrogens with one attached hydrogen (secondary N) is 3. The van der Waals surface area contributed by atoms with Crippen molar-refractivity contribution in [2.45, 2.75) is 115 Å². The summed E-state index contributed by atoms with van der Waals surface area (Å²) in [4.78, 5) is 83.7. The molecule has 0 spiro atoms. The number of hydrogen-bond donors (Lipinski definition) is 8. The number of hydrogen-bond acceptors (Lipinski definition) is 15. The molecule has 84 heavy (non-hydrogen) atoms. The number of halogens is 2. The lowest BCUT2D eigenvalue weighted by Crippen LogP contribution is -2.36. The number of phosphoric acid groups is 3. The Morgan fingerprint density at radius 2 is 1.75 bits per heavy atom. The number of nitrogens with zero attached hydrogens (tertiary/aromatic N) is 6. The van der Waals surface area contributed by atoms with Crippen molar-refractivity contribution in [3.8, 4) is 11.8 Å². The number of aliphatic hydroxyl groups is 1. The van der Waals surface area contributed by atoms with E-state index in [9.17, 15) is 43.0 Å². The molecule has 8 rings (SSSR count). The maximum Gasteiger partial charge on any atom is 0.490 e. The molecule has 24 nitrogen and oxygen atoms in total. The molecule has 2 aromatic heterocycles. The lowest BCUT2D eigenvalue weighted by atomic mass is 9.80. The van der Waals surface area contributed by atoms with Gasteiger partial charge in [-0.15, -0.1) is 5.10 Å². The number of aromatic amines is 1. The third-order valence-corrected chi connectivity index (χ3v) is 18.8.